The molecule has 0 spiro atoms. The van der Waals surface area contributed by atoms with Crippen molar-refractivity contribution in [2.24, 2.45) is 0 Å². The number of hydrogen-bond donors (Lipinski definition) is 0. The van der Waals surface area contributed by atoms with E-state index in [1.165, 1.54) is 4.90 Å². The van der Waals surface area contributed by atoms with Crippen molar-refractivity contribution in [3.05, 3.63) is 97.8 Å². The molecule has 0 bridgehead atoms. The van der Waals surface area contributed by atoms with Crippen LogP contribution in [0.3, 0.4) is 0 Å². The quantitative estimate of drug-likeness (QED) is 0.302. The summed E-state index contributed by atoms with van der Waals surface area (Å²) in [6.07, 6.45) is 1.67. The van der Waals surface area contributed by atoms with E-state index in [2.05, 4.69) is 15.9 Å². The Morgan fingerprint density at radius 3 is 2.52 bits per heavy atom. The van der Waals surface area contributed by atoms with Gasteiger partial charge < -0.3 is 9.47 Å². The van der Waals surface area contributed by atoms with E-state index in [1.807, 2.05) is 48.5 Å². The largest absolute Gasteiger partial charge is 0.493 e. The topological polar surface area (TPSA) is 55.8 Å². The Balaban J connectivity index is 1.59. The van der Waals surface area contributed by atoms with Gasteiger partial charge in [-0.2, -0.15) is 0 Å². The molecule has 0 aromatic heterocycles. The van der Waals surface area contributed by atoms with Crippen LogP contribution >= 0.6 is 39.3 Å². The number of amides is 2. The first-order valence-electron chi connectivity index (χ1n) is 9.99. The fourth-order valence-corrected chi connectivity index (χ4v) is 4.64. The molecule has 0 unspecified atom stereocenters. The van der Waals surface area contributed by atoms with E-state index in [0.717, 1.165) is 27.4 Å². The van der Waals surface area contributed by atoms with Gasteiger partial charge in [-0.3, -0.25) is 14.5 Å². The number of carbonyl (C=O) groups excluding carboxylic acids is 2. The molecule has 1 saturated heterocycles. The molecule has 3 aromatic carbocycles. The van der Waals surface area contributed by atoms with Gasteiger partial charge in [-0.05, 0) is 53.2 Å². The predicted octanol–water partition coefficient (Wildman–Crippen LogP) is 6.93. The van der Waals surface area contributed by atoms with Crippen LogP contribution in [-0.2, 0) is 17.9 Å². The fraction of sp³-hybridized carbons (Fsp3) is 0.120. The highest BCUT2D eigenvalue weighted by Crippen LogP contribution is 2.38. The molecule has 0 N–H and O–H groups in total. The van der Waals surface area contributed by atoms with Crippen molar-refractivity contribution in [3.8, 4) is 11.5 Å². The molecule has 0 saturated carbocycles. The number of ether oxygens (including phenoxy) is 2. The Kier molecular flexibility index (Phi) is 7.42. The monoisotopic (exact) mass is 543 g/mol. The van der Waals surface area contributed by atoms with E-state index in [-0.39, 0.29) is 17.7 Å². The van der Waals surface area contributed by atoms with Crippen molar-refractivity contribution in [1.29, 1.82) is 0 Å². The Hall–Kier alpha value is -2.74. The second-order valence-electron chi connectivity index (χ2n) is 7.15. The van der Waals surface area contributed by atoms with Crippen LogP contribution < -0.4 is 9.47 Å². The van der Waals surface area contributed by atoms with Gasteiger partial charge in [0.1, 0.15) is 6.61 Å². The summed E-state index contributed by atoms with van der Waals surface area (Å²) < 4.78 is 12.4. The van der Waals surface area contributed by atoms with Crippen molar-refractivity contribution in [2.75, 3.05) is 7.11 Å². The van der Waals surface area contributed by atoms with Crippen LogP contribution in [-0.4, -0.2) is 23.2 Å². The highest BCUT2D eigenvalue weighted by Gasteiger charge is 2.35. The van der Waals surface area contributed by atoms with Crippen LogP contribution in [0.2, 0.25) is 5.02 Å². The molecule has 1 fully saturated rings. The smallest absolute Gasteiger partial charge is 0.293 e. The summed E-state index contributed by atoms with van der Waals surface area (Å²) in [6.45, 7) is 0.489. The molecule has 0 atom stereocenters. The average molecular weight is 545 g/mol. The Bertz CT molecular complexity index is 1230. The van der Waals surface area contributed by atoms with Crippen LogP contribution in [0.5, 0.6) is 11.5 Å². The zero-order valence-corrected chi connectivity index (χ0v) is 20.7. The summed E-state index contributed by atoms with van der Waals surface area (Å²) in [5.74, 6) is 0.685. The molecule has 33 heavy (non-hydrogen) atoms. The van der Waals surface area contributed by atoms with E-state index in [1.54, 1.807) is 31.4 Å². The Morgan fingerprint density at radius 2 is 1.79 bits per heavy atom. The SMILES string of the molecule is COc1cccc(/C=C2/SC(=O)N(Cc3ccccc3Br)C2=O)c1OCc1ccc(Cl)cc1. The standard InChI is InChI=1S/C25H19BrClNO4S/c1-31-21-8-4-6-17(23(21)32-15-16-9-11-19(27)12-10-16)13-22-24(29)28(25(30)33-22)14-18-5-2-3-7-20(18)26/h2-13H,14-15H2,1H3/b22-13+. The minimum atomic E-state index is -0.341. The van der Waals surface area contributed by atoms with Crippen LogP contribution in [0.25, 0.3) is 6.08 Å². The van der Waals surface area contributed by atoms with Gasteiger partial charge in [0.15, 0.2) is 11.5 Å². The maximum absolute atomic E-state index is 13.0. The summed E-state index contributed by atoms with van der Waals surface area (Å²) >= 11 is 10.3. The molecule has 0 aliphatic carbocycles. The molecule has 2 amide bonds. The van der Waals surface area contributed by atoms with E-state index in [0.29, 0.717) is 33.6 Å². The lowest BCUT2D eigenvalue weighted by Gasteiger charge is -2.14. The molecule has 5 nitrogen and oxygen atoms in total. The van der Waals surface area contributed by atoms with Gasteiger partial charge in [-0.25, -0.2) is 0 Å². The highest BCUT2D eigenvalue weighted by atomic mass is 79.9. The van der Waals surface area contributed by atoms with Gasteiger partial charge in [0, 0.05) is 15.1 Å². The van der Waals surface area contributed by atoms with E-state index >= 15 is 0 Å². The lowest BCUT2D eigenvalue weighted by Crippen LogP contribution is -2.27. The van der Waals surface area contributed by atoms with Crippen molar-refractivity contribution < 1.29 is 19.1 Å². The minimum absolute atomic E-state index is 0.196. The third-order valence-electron chi connectivity index (χ3n) is 4.97. The molecule has 8 heteroatoms. The number of halogens is 2. The summed E-state index contributed by atoms with van der Waals surface area (Å²) in [7, 11) is 1.56. The van der Waals surface area contributed by atoms with Gasteiger partial charge in [0.25, 0.3) is 11.1 Å². The third kappa shape index (κ3) is 5.43. The van der Waals surface area contributed by atoms with Gasteiger partial charge in [0.05, 0.1) is 18.6 Å². The van der Waals surface area contributed by atoms with Gasteiger partial charge >= 0.3 is 0 Å². The Morgan fingerprint density at radius 1 is 1.03 bits per heavy atom. The van der Waals surface area contributed by atoms with E-state index in [9.17, 15) is 9.59 Å². The summed E-state index contributed by atoms with van der Waals surface area (Å²) in [4.78, 5) is 27.2. The number of nitrogens with zero attached hydrogens (tertiary/aromatic N) is 1. The molecular formula is C25H19BrClNO4S. The Labute approximate surface area is 209 Å². The maximum Gasteiger partial charge on any atom is 0.293 e. The van der Waals surface area contributed by atoms with Gasteiger partial charge in [0.2, 0.25) is 0 Å². The van der Waals surface area contributed by atoms with Crippen molar-refractivity contribution in [2.45, 2.75) is 13.2 Å². The number of benzene rings is 3. The summed E-state index contributed by atoms with van der Waals surface area (Å²) in [6, 6.07) is 20.3. The number of para-hydroxylation sites is 1. The van der Waals surface area contributed by atoms with Gasteiger partial charge in [-0.15, -0.1) is 0 Å². The second kappa shape index (κ2) is 10.5. The molecule has 1 heterocycles. The molecule has 168 valence electrons. The summed E-state index contributed by atoms with van der Waals surface area (Å²) in [5, 5.41) is 0.337. The molecule has 0 radical (unpaired) electrons. The summed E-state index contributed by atoms with van der Waals surface area (Å²) in [5.41, 5.74) is 2.44. The van der Waals surface area contributed by atoms with Crippen molar-refractivity contribution in [3.63, 3.8) is 0 Å². The number of carbonyl (C=O) groups is 2. The number of rotatable bonds is 7. The molecule has 1 aliphatic heterocycles. The second-order valence-corrected chi connectivity index (χ2v) is 9.44. The van der Waals surface area contributed by atoms with Crippen molar-refractivity contribution >= 4 is 56.5 Å². The minimum Gasteiger partial charge on any atom is -0.493 e. The first-order chi connectivity index (χ1) is 16.0. The number of hydrogen-bond acceptors (Lipinski definition) is 5. The normalized spacial score (nSPS) is 14.8. The molecular weight excluding hydrogens is 526 g/mol. The van der Waals surface area contributed by atoms with E-state index in [4.69, 9.17) is 21.1 Å². The first kappa shape index (κ1) is 23.4. The van der Waals surface area contributed by atoms with E-state index < -0.39 is 0 Å². The third-order valence-corrected chi connectivity index (χ3v) is 6.91. The lowest BCUT2D eigenvalue weighted by molar-refractivity contribution is -0.123. The zero-order valence-electron chi connectivity index (χ0n) is 17.6. The van der Waals surface area contributed by atoms with Crippen LogP contribution in [0.4, 0.5) is 4.79 Å². The first-order valence-corrected chi connectivity index (χ1v) is 12.0. The van der Waals surface area contributed by atoms with Gasteiger partial charge in [-0.1, -0.05) is 70.0 Å². The molecule has 1 aliphatic rings. The molecule has 4 rings (SSSR count). The predicted molar refractivity (Wildman–Crippen MR) is 134 cm³/mol. The van der Waals surface area contributed by atoms with Crippen LogP contribution in [0.1, 0.15) is 16.7 Å². The van der Waals surface area contributed by atoms with Crippen LogP contribution in [0, 0.1) is 0 Å². The van der Waals surface area contributed by atoms with Crippen LogP contribution in [0.15, 0.2) is 76.1 Å². The molecule has 3 aromatic rings. The van der Waals surface area contributed by atoms with Crippen molar-refractivity contribution in [1.82, 2.24) is 4.90 Å². The fourth-order valence-electron chi connectivity index (χ4n) is 3.27. The zero-order chi connectivity index (χ0) is 23.4. The maximum atomic E-state index is 13.0. The number of imide groups is 1. The number of methoxy groups -OCH3 is 1. The highest BCUT2D eigenvalue weighted by molar-refractivity contribution is 9.10. The number of thioether (sulfide) groups is 1. The lowest BCUT2D eigenvalue weighted by atomic mass is 10.1. The average Bonchev–Trinajstić information content (AvgIpc) is 3.07.